The minimum Gasteiger partial charge on any atom is -0.315 e. The molecule has 20 heavy (non-hydrogen) atoms. The predicted octanol–water partition coefficient (Wildman–Crippen LogP) is 4.04. The van der Waals surface area contributed by atoms with Crippen molar-refractivity contribution in [3.8, 4) is 0 Å². The SMILES string of the molecule is Cc1cccc(C)c1CC1(c2ccc(Cl)cc2)CNC1. The van der Waals surface area contributed by atoms with Crippen molar-refractivity contribution in [1.29, 1.82) is 0 Å². The van der Waals surface area contributed by atoms with Gasteiger partial charge in [0.05, 0.1) is 0 Å². The summed E-state index contributed by atoms with van der Waals surface area (Å²) in [7, 11) is 0. The van der Waals surface area contributed by atoms with Crippen LogP contribution in [0.2, 0.25) is 5.02 Å². The maximum Gasteiger partial charge on any atom is 0.0406 e. The van der Waals surface area contributed by atoms with Gasteiger partial charge in [0.2, 0.25) is 0 Å². The highest BCUT2D eigenvalue weighted by atomic mass is 35.5. The summed E-state index contributed by atoms with van der Waals surface area (Å²) in [5.74, 6) is 0. The van der Waals surface area contributed by atoms with Gasteiger partial charge in [0.1, 0.15) is 0 Å². The maximum absolute atomic E-state index is 6.02. The molecule has 0 atom stereocenters. The highest BCUT2D eigenvalue weighted by Crippen LogP contribution is 2.34. The molecule has 1 N–H and O–H groups in total. The first-order valence-corrected chi connectivity index (χ1v) is 7.50. The molecule has 0 radical (unpaired) electrons. The molecule has 0 aromatic heterocycles. The Morgan fingerprint density at radius 1 is 1.00 bits per heavy atom. The minimum absolute atomic E-state index is 0.224. The van der Waals surface area contributed by atoms with Crippen LogP contribution >= 0.6 is 11.6 Å². The normalized spacial score (nSPS) is 16.8. The van der Waals surface area contributed by atoms with Gasteiger partial charge in [-0.05, 0) is 54.7 Å². The van der Waals surface area contributed by atoms with Crippen molar-refractivity contribution in [2.75, 3.05) is 13.1 Å². The van der Waals surface area contributed by atoms with Crippen LogP contribution in [0.4, 0.5) is 0 Å². The molecule has 104 valence electrons. The van der Waals surface area contributed by atoms with Crippen LogP contribution in [0.3, 0.4) is 0 Å². The minimum atomic E-state index is 0.224. The average molecular weight is 286 g/mol. The first kappa shape index (κ1) is 13.7. The van der Waals surface area contributed by atoms with Crippen molar-refractivity contribution in [3.05, 3.63) is 69.7 Å². The summed E-state index contributed by atoms with van der Waals surface area (Å²) >= 11 is 6.02. The van der Waals surface area contributed by atoms with E-state index in [9.17, 15) is 0 Å². The third-order valence-electron chi connectivity index (χ3n) is 4.54. The molecule has 0 saturated carbocycles. The van der Waals surface area contributed by atoms with E-state index in [1.54, 1.807) is 0 Å². The fraction of sp³-hybridized carbons (Fsp3) is 0.333. The molecule has 3 rings (SSSR count). The lowest BCUT2D eigenvalue weighted by atomic mass is 9.70. The number of hydrogen-bond donors (Lipinski definition) is 1. The van der Waals surface area contributed by atoms with E-state index in [0.29, 0.717) is 0 Å². The van der Waals surface area contributed by atoms with Crippen LogP contribution in [-0.4, -0.2) is 13.1 Å². The summed E-state index contributed by atoms with van der Waals surface area (Å²) in [6.45, 7) is 6.51. The highest BCUT2D eigenvalue weighted by molar-refractivity contribution is 6.30. The lowest BCUT2D eigenvalue weighted by Gasteiger charge is -2.44. The molecule has 2 heteroatoms. The number of benzene rings is 2. The van der Waals surface area contributed by atoms with Crippen LogP contribution in [0, 0.1) is 13.8 Å². The molecule has 0 unspecified atom stereocenters. The summed E-state index contributed by atoms with van der Waals surface area (Å²) in [5.41, 5.74) is 5.89. The lowest BCUT2D eigenvalue weighted by Crippen LogP contribution is -2.58. The van der Waals surface area contributed by atoms with Gasteiger partial charge in [0.15, 0.2) is 0 Å². The van der Waals surface area contributed by atoms with Crippen molar-refractivity contribution < 1.29 is 0 Å². The van der Waals surface area contributed by atoms with Gasteiger partial charge in [-0.15, -0.1) is 0 Å². The van der Waals surface area contributed by atoms with E-state index in [0.717, 1.165) is 24.5 Å². The van der Waals surface area contributed by atoms with Crippen molar-refractivity contribution in [2.24, 2.45) is 0 Å². The van der Waals surface area contributed by atoms with Crippen molar-refractivity contribution >= 4 is 11.6 Å². The summed E-state index contributed by atoms with van der Waals surface area (Å²) in [6, 6.07) is 14.9. The fourth-order valence-corrected chi connectivity index (χ4v) is 3.25. The van der Waals surface area contributed by atoms with Crippen molar-refractivity contribution in [2.45, 2.75) is 25.7 Å². The molecule has 1 fully saturated rings. The van der Waals surface area contributed by atoms with E-state index in [1.165, 1.54) is 22.3 Å². The predicted molar refractivity (Wildman–Crippen MR) is 85.6 cm³/mol. The second-order valence-corrected chi connectivity index (χ2v) is 6.37. The van der Waals surface area contributed by atoms with Gasteiger partial charge in [-0.1, -0.05) is 41.9 Å². The van der Waals surface area contributed by atoms with Gasteiger partial charge < -0.3 is 5.32 Å². The van der Waals surface area contributed by atoms with Crippen LogP contribution < -0.4 is 5.32 Å². The molecule has 1 nitrogen and oxygen atoms in total. The zero-order chi connectivity index (χ0) is 14.2. The fourth-order valence-electron chi connectivity index (χ4n) is 3.13. The zero-order valence-electron chi connectivity index (χ0n) is 12.0. The van der Waals surface area contributed by atoms with Gasteiger partial charge in [-0.2, -0.15) is 0 Å². The second kappa shape index (κ2) is 5.23. The average Bonchev–Trinajstić information content (AvgIpc) is 2.38. The Bertz CT molecular complexity index is 592. The molecule has 2 aromatic rings. The van der Waals surface area contributed by atoms with Gasteiger partial charge in [-0.25, -0.2) is 0 Å². The van der Waals surface area contributed by atoms with Gasteiger partial charge in [0.25, 0.3) is 0 Å². The van der Waals surface area contributed by atoms with Crippen molar-refractivity contribution in [1.82, 2.24) is 5.32 Å². The quantitative estimate of drug-likeness (QED) is 0.897. The number of aryl methyl sites for hydroxylation is 2. The molecular weight excluding hydrogens is 266 g/mol. The number of rotatable bonds is 3. The molecular formula is C18H20ClN. The molecule has 1 heterocycles. The van der Waals surface area contributed by atoms with Crippen LogP contribution in [-0.2, 0) is 11.8 Å². The van der Waals surface area contributed by atoms with E-state index in [2.05, 4.69) is 49.5 Å². The van der Waals surface area contributed by atoms with Crippen LogP contribution in [0.5, 0.6) is 0 Å². The molecule has 0 spiro atoms. The largest absolute Gasteiger partial charge is 0.315 e. The molecule has 0 amide bonds. The topological polar surface area (TPSA) is 12.0 Å². The van der Waals surface area contributed by atoms with Crippen molar-refractivity contribution in [3.63, 3.8) is 0 Å². The third kappa shape index (κ3) is 2.36. The van der Waals surface area contributed by atoms with Crippen LogP contribution in [0.25, 0.3) is 0 Å². The summed E-state index contributed by atoms with van der Waals surface area (Å²) in [6.07, 6.45) is 1.10. The summed E-state index contributed by atoms with van der Waals surface area (Å²) in [4.78, 5) is 0. The molecule has 1 saturated heterocycles. The van der Waals surface area contributed by atoms with Crippen LogP contribution in [0.1, 0.15) is 22.3 Å². The Labute approximate surface area is 126 Å². The van der Waals surface area contributed by atoms with E-state index < -0.39 is 0 Å². The standard InChI is InChI=1S/C18H20ClN/c1-13-4-3-5-14(2)17(13)10-18(11-20-12-18)15-6-8-16(19)9-7-15/h3-9,20H,10-12H2,1-2H3. The van der Waals surface area contributed by atoms with Gasteiger partial charge >= 0.3 is 0 Å². The summed E-state index contributed by atoms with van der Waals surface area (Å²) < 4.78 is 0. The smallest absolute Gasteiger partial charge is 0.0406 e. The Morgan fingerprint density at radius 3 is 2.10 bits per heavy atom. The van der Waals surface area contributed by atoms with E-state index >= 15 is 0 Å². The number of nitrogens with one attached hydrogen (secondary N) is 1. The molecule has 2 aromatic carbocycles. The van der Waals surface area contributed by atoms with E-state index in [4.69, 9.17) is 11.6 Å². The number of halogens is 1. The van der Waals surface area contributed by atoms with E-state index in [-0.39, 0.29) is 5.41 Å². The molecule has 0 bridgehead atoms. The second-order valence-electron chi connectivity index (χ2n) is 5.94. The molecule has 0 aliphatic carbocycles. The Kier molecular flexibility index (Phi) is 3.57. The third-order valence-corrected chi connectivity index (χ3v) is 4.79. The Morgan fingerprint density at radius 2 is 1.60 bits per heavy atom. The Balaban J connectivity index is 1.96. The summed E-state index contributed by atoms with van der Waals surface area (Å²) in [5, 5.41) is 4.25. The molecule has 1 aliphatic heterocycles. The maximum atomic E-state index is 6.02. The number of hydrogen-bond acceptors (Lipinski definition) is 1. The highest BCUT2D eigenvalue weighted by Gasteiger charge is 2.39. The first-order chi connectivity index (χ1) is 9.61. The van der Waals surface area contributed by atoms with Gasteiger partial charge in [0, 0.05) is 23.5 Å². The zero-order valence-corrected chi connectivity index (χ0v) is 12.8. The Hall–Kier alpha value is -1.31. The van der Waals surface area contributed by atoms with Crippen LogP contribution in [0.15, 0.2) is 42.5 Å². The monoisotopic (exact) mass is 285 g/mol. The lowest BCUT2D eigenvalue weighted by molar-refractivity contribution is 0.274. The van der Waals surface area contributed by atoms with Gasteiger partial charge in [-0.3, -0.25) is 0 Å². The first-order valence-electron chi connectivity index (χ1n) is 7.13. The van der Waals surface area contributed by atoms with E-state index in [1.807, 2.05) is 12.1 Å². The molecule has 1 aliphatic rings.